The first-order chi connectivity index (χ1) is 11.5. The van der Waals surface area contributed by atoms with Gasteiger partial charge in [-0.15, -0.1) is 0 Å². The maximum Gasteiger partial charge on any atom is 0.387 e. The van der Waals surface area contributed by atoms with Crippen LogP contribution in [0.15, 0.2) is 24.3 Å². The van der Waals surface area contributed by atoms with Gasteiger partial charge in [0.25, 0.3) is 5.91 Å². The second kappa shape index (κ2) is 10.2. The van der Waals surface area contributed by atoms with Crippen molar-refractivity contribution in [2.75, 3.05) is 20.3 Å². The summed E-state index contributed by atoms with van der Waals surface area (Å²) in [5.74, 6) is -1.29. The number of hydrogen-bond donors (Lipinski definition) is 1. The fourth-order valence-corrected chi connectivity index (χ4v) is 1.70. The Morgan fingerprint density at radius 3 is 2.71 bits per heavy atom. The number of hydrogen-bond acceptors (Lipinski definition) is 5. The molecular weight excluding hydrogens is 324 g/mol. The number of rotatable bonds is 9. The number of ether oxygens (including phenoxy) is 3. The van der Waals surface area contributed by atoms with Gasteiger partial charge in [0.1, 0.15) is 0 Å². The van der Waals surface area contributed by atoms with Crippen molar-refractivity contribution in [3.05, 3.63) is 29.8 Å². The van der Waals surface area contributed by atoms with Crippen LogP contribution in [0, 0.1) is 0 Å². The number of para-hydroxylation sites is 1. The molecule has 0 spiro atoms. The van der Waals surface area contributed by atoms with Gasteiger partial charge in [-0.25, -0.2) is 4.79 Å². The summed E-state index contributed by atoms with van der Waals surface area (Å²) < 4.78 is 39.1. The van der Waals surface area contributed by atoms with E-state index in [4.69, 9.17) is 9.47 Å². The zero-order valence-electron chi connectivity index (χ0n) is 13.4. The molecule has 0 saturated carbocycles. The SMILES string of the molecule is CCCNC(=O)COC(=O)/C=C/c1cccc(OC)c1OC(F)F. The average molecular weight is 343 g/mol. The molecule has 0 aliphatic rings. The van der Waals surface area contributed by atoms with Gasteiger partial charge in [0.15, 0.2) is 18.1 Å². The number of alkyl halides is 2. The van der Waals surface area contributed by atoms with E-state index in [-0.39, 0.29) is 17.1 Å². The average Bonchev–Trinajstić information content (AvgIpc) is 2.56. The van der Waals surface area contributed by atoms with Crippen molar-refractivity contribution in [2.45, 2.75) is 20.0 Å². The minimum atomic E-state index is -3.04. The molecule has 1 N–H and O–H groups in total. The van der Waals surface area contributed by atoms with E-state index >= 15 is 0 Å². The molecular formula is C16H19F2NO5. The molecule has 0 fully saturated rings. The quantitative estimate of drug-likeness (QED) is 0.550. The highest BCUT2D eigenvalue weighted by Crippen LogP contribution is 2.33. The van der Waals surface area contributed by atoms with Gasteiger partial charge >= 0.3 is 12.6 Å². The lowest BCUT2D eigenvalue weighted by Crippen LogP contribution is -2.28. The molecule has 0 saturated heterocycles. The molecule has 0 unspecified atom stereocenters. The molecule has 6 nitrogen and oxygen atoms in total. The van der Waals surface area contributed by atoms with E-state index in [1.807, 2.05) is 6.92 Å². The van der Waals surface area contributed by atoms with Gasteiger partial charge in [-0.2, -0.15) is 8.78 Å². The topological polar surface area (TPSA) is 73.9 Å². The van der Waals surface area contributed by atoms with Crippen LogP contribution >= 0.6 is 0 Å². The van der Waals surface area contributed by atoms with Gasteiger partial charge in [-0.1, -0.05) is 19.1 Å². The Kier molecular flexibility index (Phi) is 8.24. The van der Waals surface area contributed by atoms with E-state index in [9.17, 15) is 18.4 Å². The first-order valence-corrected chi connectivity index (χ1v) is 7.21. The van der Waals surface area contributed by atoms with E-state index < -0.39 is 25.1 Å². The monoisotopic (exact) mass is 343 g/mol. The molecule has 0 aliphatic carbocycles. The Morgan fingerprint density at radius 1 is 1.33 bits per heavy atom. The molecule has 0 aromatic heterocycles. The first-order valence-electron chi connectivity index (χ1n) is 7.21. The lowest BCUT2D eigenvalue weighted by molar-refractivity contribution is -0.143. The second-order valence-corrected chi connectivity index (χ2v) is 4.55. The predicted molar refractivity (Wildman–Crippen MR) is 82.9 cm³/mol. The molecule has 0 heterocycles. The molecule has 0 bridgehead atoms. The van der Waals surface area contributed by atoms with Crippen molar-refractivity contribution in [1.29, 1.82) is 0 Å². The second-order valence-electron chi connectivity index (χ2n) is 4.55. The van der Waals surface area contributed by atoms with Crippen LogP contribution in [0.2, 0.25) is 0 Å². The highest BCUT2D eigenvalue weighted by atomic mass is 19.3. The highest BCUT2D eigenvalue weighted by Gasteiger charge is 2.14. The van der Waals surface area contributed by atoms with Gasteiger partial charge in [0, 0.05) is 18.2 Å². The summed E-state index contributed by atoms with van der Waals surface area (Å²) in [5.41, 5.74) is 0.210. The van der Waals surface area contributed by atoms with Crippen LogP contribution in [0.5, 0.6) is 11.5 Å². The third-order valence-electron chi connectivity index (χ3n) is 2.75. The first kappa shape index (κ1) is 19.4. The summed E-state index contributed by atoms with van der Waals surface area (Å²) in [6.45, 7) is -1.07. The smallest absolute Gasteiger partial charge is 0.387 e. The zero-order chi connectivity index (χ0) is 17.9. The molecule has 0 radical (unpaired) electrons. The third-order valence-corrected chi connectivity index (χ3v) is 2.75. The minimum Gasteiger partial charge on any atom is -0.493 e. The summed E-state index contributed by atoms with van der Waals surface area (Å²) >= 11 is 0. The number of halogens is 2. The fraction of sp³-hybridized carbons (Fsp3) is 0.375. The lowest BCUT2D eigenvalue weighted by atomic mass is 10.1. The van der Waals surface area contributed by atoms with Crippen LogP contribution in [0.3, 0.4) is 0 Å². The largest absolute Gasteiger partial charge is 0.493 e. The number of benzene rings is 1. The van der Waals surface area contributed by atoms with Gasteiger partial charge in [0.2, 0.25) is 0 Å². The van der Waals surface area contributed by atoms with E-state index in [1.165, 1.54) is 25.3 Å². The summed E-state index contributed by atoms with van der Waals surface area (Å²) in [6.07, 6.45) is 3.02. The number of nitrogens with one attached hydrogen (secondary N) is 1. The van der Waals surface area contributed by atoms with Crippen LogP contribution in [0.1, 0.15) is 18.9 Å². The minimum absolute atomic E-state index is 0.102. The number of esters is 1. The van der Waals surface area contributed by atoms with Crippen LogP contribution in [-0.4, -0.2) is 38.7 Å². The van der Waals surface area contributed by atoms with E-state index in [0.717, 1.165) is 12.5 Å². The van der Waals surface area contributed by atoms with E-state index in [1.54, 1.807) is 6.07 Å². The Hall–Kier alpha value is -2.64. The van der Waals surface area contributed by atoms with Gasteiger partial charge in [-0.3, -0.25) is 4.79 Å². The van der Waals surface area contributed by atoms with Gasteiger partial charge in [0.05, 0.1) is 7.11 Å². The maximum absolute atomic E-state index is 12.5. The molecule has 0 atom stereocenters. The molecule has 1 rings (SSSR count). The van der Waals surface area contributed by atoms with E-state index in [0.29, 0.717) is 6.54 Å². The van der Waals surface area contributed by atoms with Gasteiger partial charge < -0.3 is 19.5 Å². The Morgan fingerprint density at radius 2 is 2.08 bits per heavy atom. The summed E-state index contributed by atoms with van der Waals surface area (Å²) in [6, 6.07) is 4.48. The van der Waals surface area contributed by atoms with Crippen LogP contribution in [0.25, 0.3) is 6.08 Å². The Balaban J connectivity index is 2.72. The van der Waals surface area contributed by atoms with Crippen LogP contribution in [0.4, 0.5) is 8.78 Å². The molecule has 1 aromatic rings. The maximum atomic E-state index is 12.5. The van der Waals surface area contributed by atoms with Crippen molar-refractivity contribution < 1.29 is 32.6 Å². The van der Waals surface area contributed by atoms with Crippen molar-refractivity contribution in [2.24, 2.45) is 0 Å². The standard InChI is InChI=1S/C16H19F2NO5/c1-3-9-19-13(20)10-23-14(21)8-7-11-5-4-6-12(22-2)15(11)24-16(17)18/h4-8,16H,3,9-10H2,1-2H3,(H,19,20)/b8-7+. The Labute approximate surface area is 138 Å². The zero-order valence-corrected chi connectivity index (χ0v) is 13.4. The van der Waals surface area contributed by atoms with Gasteiger partial charge in [-0.05, 0) is 18.6 Å². The Bertz CT molecular complexity index is 590. The predicted octanol–water partition coefficient (Wildman–Crippen LogP) is 2.38. The molecule has 0 aliphatic heterocycles. The summed E-state index contributed by atoms with van der Waals surface area (Å²) in [7, 11) is 1.31. The molecule has 1 aromatic carbocycles. The summed E-state index contributed by atoms with van der Waals surface area (Å²) in [5, 5.41) is 2.55. The number of carbonyl (C=O) groups excluding carboxylic acids is 2. The lowest BCUT2D eigenvalue weighted by Gasteiger charge is -2.12. The molecule has 24 heavy (non-hydrogen) atoms. The van der Waals surface area contributed by atoms with Crippen LogP contribution in [-0.2, 0) is 14.3 Å². The van der Waals surface area contributed by atoms with Crippen LogP contribution < -0.4 is 14.8 Å². The molecule has 8 heteroatoms. The number of amides is 1. The van der Waals surface area contributed by atoms with Crippen molar-refractivity contribution >= 4 is 18.0 Å². The van der Waals surface area contributed by atoms with E-state index in [2.05, 4.69) is 10.1 Å². The molecule has 132 valence electrons. The number of methoxy groups -OCH3 is 1. The third kappa shape index (κ3) is 6.64. The molecule has 1 amide bonds. The summed E-state index contributed by atoms with van der Waals surface area (Å²) in [4.78, 5) is 22.9. The van der Waals surface area contributed by atoms with Crippen molar-refractivity contribution in [3.63, 3.8) is 0 Å². The van der Waals surface area contributed by atoms with Crippen molar-refractivity contribution in [1.82, 2.24) is 5.32 Å². The number of carbonyl (C=O) groups is 2. The normalized spacial score (nSPS) is 10.7. The van der Waals surface area contributed by atoms with Crippen molar-refractivity contribution in [3.8, 4) is 11.5 Å². The fourth-order valence-electron chi connectivity index (χ4n) is 1.70. The highest BCUT2D eigenvalue weighted by molar-refractivity contribution is 5.89.